The number of carbonyl (C=O) groups excluding carboxylic acids is 1. The molecule has 1 aliphatic heterocycles. The predicted octanol–water partition coefficient (Wildman–Crippen LogP) is 4.43. The van der Waals surface area contributed by atoms with Crippen LogP contribution in [-0.4, -0.2) is 17.6 Å². The summed E-state index contributed by atoms with van der Waals surface area (Å²) in [6, 6.07) is 15.6. The third-order valence-electron chi connectivity index (χ3n) is 4.72. The first-order chi connectivity index (χ1) is 12.4. The van der Waals surface area contributed by atoms with E-state index in [9.17, 15) is 4.79 Å². The first-order valence-corrected chi connectivity index (χ1v) is 9.22. The summed E-state index contributed by atoms with van der Waals surface area (Å²) in [6.07, 6.45) is 1.01. The van der Waals surface area contributed by atoms with Crippen LogP contribution in [0.2, 0.25) is 0 Å². The molecule has 1 aliphatic rings. The summed E-state index contributed by atoms with van der Waals surface area (Å²) in [5, 5.41) is 3.14. The minimum atomic E-state index is -0.569. The van der Waals surface area contributed by atoms with Gasteiger partial charge in [-0.2, -0.15) is 0 Å². The van der Waals surface area contributed by atoms with E-state index in [0.717, 1.165) is 29.0 Å². The summed E-state index contributed by atoms with van der Waals surface area (Å²) in [5.74, 6) is 1.48. The highest BCUT2D eigenvalue weighted by Gasteiger charge is 2.35. The number of hydrogen-bond donors (Lipinski definition) is 1. The second kappa shape index (κ2) is 7.40. The van der Waals surface area contributed by atoms with Crippen LogP contribution < -0.4 is 14.8 Å². The zero-order valence-electron chi connectivity index (χ0n) is 15.9. The lowest BCUT2D eigenvalue weighted by molar-refractivity contribution is -0.128. The fraction of sp³-hybridized carbons (Fsp3) is 0.409. The molecular formula is C22H27NO3. The number of para-hydroxylation sites is 2. The zero-order valence-corrected chi connectivity index (χ0v) is 15.9. The van der Waals surface area contributed by atoms with Crippen molar-refractivity contribution in [2.45, 2.75) is 58.3 Å². The van der Waals surface area contributed by atoms with Gasteiger partial charge in [0, 0.05) is 12.0 Å². The Labute approximate surface area is 155 Å². The molecular weight excluding hydrogens is 326 g/mol. The van der Waals surface area contributed by atoms with Crippen molar-refractivity contribution >= 4 is 5.91 Å². The Hall–Kier alpha value is -2.49. The molecule has 0 fully saturated rings. The Balaban J connectivity index is 1.73. The van der Waals surface area contributed by atoms with Crippen molar-refractivity contribution < 1.29 is 14.3 Å². The topological polar surface area (TPSA) is 47.6 Å². The summed E-state index contributed by atoms with van der Waals surface area (Å²) >= 11 is 0. The molecule has 0 aromatic heterocycles. The Bertz CT molecular complexity index is 784. The molecule has 0 bridgehead atoms. The van der Waals surface area contributed by atoms with E-state index in [1.807, 2.05) is 62.4 Å². The summed E-state index contributed by atoms with van der Waals surface area (Å²) in [4.78, 5) is 12.8. The summed E-state index contributed by atoms with van der Waals surface area (Å²) < 4.78 is 12.0. The molecule has 138 valence electrons. The highest BCUT2D eigenvalue weighted by molar-refractivity contribution is 5.81. The molecule has 0 aliphatic carbocycles. The van der Waals surface area contributed by atoms with Gasteiger partial charge >= 0.3 is 0 Å². The second-order valence-electron chi connectivity index (χ2n) is 7.39. The van der Waals surface area contributed by atoms with Crippen LogP contribution in [0.1, 0.15) is 51.3 Å². The van der Waals surface area contributed by atoms with Crippen molar-refractivity contribution in [1.82, 2.24) is 5.32 Å². The summed E-state index contributed by atoms with van der Waals surface area (Å²) in [5.41, 5.74) is 1.79. The lowest BCUT2D eigenvalue weighted by Crippen LogP contribution is -2.44. The fourth-order valence-corrected chi connectivity index (χ4v) is 3.37. The molecule has 2 atom stereocenters. The number of hydrogen-bond acceptors (Lipinski definition) is 3. The maximum Gasteiger partial charge on any atom is 0.261 e. The van der Waals surface area contributed by atoms with Gasteiger partial charge in [-0.05, 0) is 44.9 Å². The van der Waals surface area contributed by atoms with Gasteiger partial charge in [-0.25, -0.2) is 0 Å². The molecule has 0 saturated carbocycles. The van der Waals surface area contributed by atoms with Crippen molar-refractivity contribution in [2.75, 3.05) is 0 Å². The molecule has 1 heterocycles. The molecule has 0 saturated heterocycles. The molecule has 4 nitrogen and oxygen atoms in total. The normalized spacial score (nSPS) is 19.0. The number of aryl methyl sites for hydroxylation is 1. The summed E-state index contributed by atoms with van der Waals surface area (Å²) in [6.45, 7) is 7.95. The van der Waals surface area contributed by atoms with Crippen LogP contribution in [0.4, 0.5) is 0 Å². The molecule has 26 heavy (non-hydrogen) atoms. The Morgan fingerprint density at radius 3 is 2.69 bits per heavy atom. The van der Waals surface area contributed by atoms with E-state index >= 15 is 0 Å². The van der Waals surface area contributed by atoms with Crippen molar-refractivity contribution in [3.63, 3.8) is 0 Å². The number of amides is 1. The Kier molecular flexibility index (Phi) is 5.21. The zero-order chi connectivity index (χ0) is 18.7. The lowest BCUT2D eigenvalue weighted by atomic mass is 9.89. The van der Waals surface area contributed by atoms with Crippen LogP contribution in [-0.2, 0) is 11.2 Å². The van der Waals surface area contributed by atoms with Crippen LogP contribution in [0.5, 0.6) is 11.5 Å². The standard InChI is InChI=1S/C22H27NO3/c1-5-16-10-6-8-12-19(16)25-15(2)21(24)23-18-14-22(3,4)26-20-13-9-7-11-17(18)20/h6-13,15,18H,5,14H2,1-4H3,(H,23,24)/t15-,18+/m1/s1. The van der Waals surface area contributed by atoms with Gasteiger partial charge in [0.15, 0.2) is 6.10 Å². The predicted molar refractivity (Wildman–Crippen MR) is 103 cm³/mol. The average Bonchev–Trinajstić information content (AvgIpc) is 2.61. The molecule has 0 unspecified atom stereocenters. The van der Waals surface area contributed by atoms with E-state index in [-0.39, 0.29) is 17.6 Å². The van der Waals surface area contributed by atoms with Crippen molar-refractivity contribution in [3.05, 3.63) is 59.7 Å². The minimum absolute atomic E-state index is 0.0880. The van der Waals surface area contributed by atoms with Crippen LogP contribution in [0.3, 0.4) is 0 Å². The van der Waals surface area contributed by atoms with Gasteiger partial charge in [0.1, 0.15) is 17.1 Å². The highest BCUT2D eigenvalue weighted by Crippen LogP contribution is 2.39. The molecule has 2 aromatic rings. The van der Waals surface area contributed by atoms with Crippen LogP contribution >= 0.6 is 0 Å². The van der Waals surface area contributed by atoms with Gasteiger partial charge in [-0.3, -0.25) is 4.79 Å². The molecule has 0 spiro atoms. The number of nitrogens with one attached hydrogen (secondary N) is 1. The van der Waals surface area contributed by atoms with Gasteiger partial charge in [0.2, 0.25) is 0 Å². The number of ether oxygens (including phenoxy) is 2. The quantitative estimate of drug-likeness (QED) is 0.865. The largest absolute Gasteiger partial charge is 0.487 e. The number of benzene rings is 2. The first-order valence-electron chi connectivity index (χ1n) is 9.22. The van der Waals surface area contributed by atoms with Gasteiger partial charge < -0.3 is 14.8 Å². The molecule has 1 N–H and O–H groups in total. The number of carbonyl (C=O) groups is 1. The maximum absolute atomic E-state index is 12.8. The second-order valence-corrected chi connectivity index (χ2v) is 7.39. The average molecular weight is 353 g/mol. The van der Waals surface area contributed by atoms with Crippen molar-refractivity contribution in [3.8, 4) is 11.5 Å². The van der Waals surface area contributed by atoms with Gasteiger partial charge in [0.25, 0.3) is 5.91 Å². The smallest absolute Gasteiger partial charge is 0.261 e. The third-order valence-corrected chi connectivity index (χ3v) is 4.72. The van der Waals surface area contributed by atoms with E-state index in [4.69, 9.17) is 9.47 Å². The molecule has 0 radical (unpaired) electrons. The fourth-order valence-electron chi connectivity index (χ4n) is 3.37. The molecule has 1 amide bonds. The van der Waals surface area contributed by atoms with Crippen molar-refractivity contribution in [1.29, 1.82) is 0 Å². The molecule has 4 heteroatoms. The van der Waals surface area contributed by atoms with Crippen LogP contribution in [0.15, 0.2) is 48.5 Å². The Morgan fingerprint density at radius 2 is 1.92 bits per heavy atom. The monoisotopic (exact) mass is 353 g/mol. The van der Waals surface area contributed by atoms with E-state index in [0.29, 0.717) is 6.42 Å². The maximum atomic E-state index is 12.8. The third kappa shape index (κ3) is 4.01. The van der Waals surface area contributed by atoms with E-state index in [2.05, 4.69) is 12.2 Å². The molecule has 2 aromatic carbocycles. The first kappa shape index (κ1) is 18.3. The lowest BCUT2D eigenvalue weighted by Gasteiger charge is -2.38. The van der Waals surface area contributed by atoms with Gasteiger partial charge in [-0.15, -0.1) is 0 Å². The van der Waals surface area contributed by atoms with Gasteiger partial charge in [-0.1, -0.05) is 43.3 Å². The van der Waals surface area contributed by atoms with E-state index < -0.39 is 6.10 Å². The Morgan fingerprint density at radius 1 is 1.23 bits per heavy atom. The molecule has 3 rings (SSSR count). The highest BCUT2D eigenvalue weighted by atomic mass is 16.5. The number of fused-ring (bicyclic) bond motifs is 1. The van der Waals surface area contributed by atoms with Crippen molar-refractivity contribution in [2.24, 2.45) is 0 Å². The van der Waals surface area contributed by atoms with Gasteiger partial charge in [0.05, 0.1) is 6.04 Å². The van der Waals surface area contributed by atoms with E-state index in [1.165, 1.54) is 0 Å². The number of rotatable bonds is 5. The minimum Gasteiger partial charge on any atom is -0.487 e. The van der Waals surface area contributed by atoms with Crippen LogP contribution in [0.25, 0.3) is 0 Å². The summed E-state index contributed by atoms with van der Waals surface area (Å²) in [7, 11) is 0. The SMILES string of the molecule is CCc1ccccc1O[C@H](C)C(=O)N[C@H]1CC(C)(C)Oc2ccccc21. The van der Waals surface area contributed by atoms with Crippen LogP contribution in [0, 0.1) is 0 Å². The van der Waals surface area contributed by atoms with E-state index in [1.54, 1.807) is 6.92 Å².